The second-order valence-electron chi connectivity index (χ2n) is 8.11. The van der Waals surface area contributed by atoms with Crippen LogP contribution in [0.15, 0.2) is 24.3 Å². The number of amides is 2. The number of benzene rings is 1. The van der Waals surface area contributed by atoms with Crippen LogP contribution in [0.1, 0.15) is 44.1 Å². The zero-order valence-electron chi connectivity index (χ0n) is 15.8. The lowest BCUT2D eigenvalue weighted by Crippen LogP contribution is -2.59. The molecule has 0 spiro atoms. The molecule has 0 aromatic heterocycles. The fourth-order valence-corrected chi connectivity index (χ4v) is 5.28. The van der Waals surface area contributed by atoms with Gasteiger partial charge in [-0.1, -0.05) is 36.6 Å². The van der Waals surface area contributed by atoms with E-state index >= 15 is 0 Å². The molecule has 1 aromatic rings. The van der Waals surface area contributed by atoms with Crippen LogP contribution < -0.4 is 5.32 Å². The number of nitrogens with one attached hydrogen (secondary N) is 1. The molecule has 2 saturated heterocycles. The van der Waals surface area contributed by atoms with Gasteiger partial charge in [-0.25, -0.2) is 0 Å². The number of carbonyl (C=O) groups excluding carboxylic acids is 2. The molecule has 0 radical (unpaired) electrons. The summed E-state index contributed by atoms with van der Waals surface area (Å²) in [5.41, 5.74) is 0.609. The van der Waals surface area contributed by atoms with Gasteiger partial charge in [-0.2, -0.15) is 0 Å². The molecule has 1 aliphatic carbocycles. The standard InChI is InChI=1S/C21H28ClN3O2/c22-17-6-3-5-16(13-17)21(8-1-2-9-21)20(27)24-11-4-7-18(15-24)25-12-10-23-14-19(25)26/h3,5-6,13,18,23H,1-2,4,7-12,14-15H2. The first-order chi connectivity index (χ1) is 13.1. The van der Waals surface area contributed by atoms with Gasteiger partial charge in [0.1, 0.15) is 0 Å². The van der Waals surface area contributed by atoms with Crippen molar-refractivity contribution in [3.8, 4) is 0 Å². The zero-order chi connectivity index (χ0) is 18.9. The molecular formula is C21H28ClN3O2. The van der Waals surface area contributed by atoms with Crippen molar-refractivity contribution in [1.82, 2.24) is 15.1 Å². The Hall–Kier alpha value is -1.59. The summed E-state index contributed by atoms with van der Waals surface area (Å²) in [6, 6.07) is 7.98. The van der Waals surface area contributed by atoms with Crippen molar-refractivity contribution in [3.05, 3.63) is 34.9 Å². The van der Waals surface area contributed by atoms with Gasteiger partial charge in [-0.15, -0.1) is 0 Å². The Morgan fingerprint density at radius 3 is 2.74 bits per heavy atom. The number of piperazine rings is 1. The van der Waals surface area contributed by atoms with Crippen molar-refractivity contribution >= 4 is 23.4 Å². The van der Waals surface area contributed by atoms with Crippen LogP contribution in [-0.4, -0.2) is 60.4 Å². The van der Waals surface area contributed by atoms with Crippen molar-refractivity contribution < 1.29 is 9.59 Å². The van der Waals surface area contributed by atoms with Crippen LogP contribution in [0.25, 0.3) is 0 Å². The molecule has 1 saturated carbocycles. The molecule has 1 unspecified atom stereocenters. The quantitative estimate of drug-likeness (QED) is 0.864. The Kier molecular flexibility index (Phi) is 5.42. The minimum atomic E-state index is -0.444. The molecule has 5 nitrogen and oxygen atoms in total. The topological polar surface area (TPSA) is 52.7 Å². The molecule has 6 heteroatoms. The fraction of sp³-hybridized carbons (Fsp3) is 0.619. The van der Waals surface area contributed by atoms with Crippen LogP contribution >= 0.6 is 11.6 Å². The number of nitrogens with zero attached hydrogens (tertiary/aromatic N) is 2. The van der Waals surface area contributed by atoms with Gasteiger partial charge in [-0.05, 0) is 43.4 Å². The third-order valence-corrected chi connectivity index (χ3v) is 6.73. The molecule has 1 aromatic carbocycles. The Morgan fingerprint density at radius 1 is 1.19 bits per heavy atom. The summed E-state index contributed by atoms with van der Waals surface area (Å²) in [6.07, 6.45) is 5.87. The Bertz CT molecular complexity index is 717. The molecule has 4 rings (SSSR count). The molecule has 27 heavy (non-hydrogen) atoms. The van der Waals surface area contributed by atoms with Gasteiger partial charge >= 0.3 is 0 Å². The van der Waals surface area contributed by atoms with Crippen LogP contribution in [0.5, 0.6) is 0 Å². The molecule has 3 aliphatic rings. The fourth-order valence-electron chi connectivity index (χ4n) is 5.09. The van der Waals surface area contributed by atoms with Gasteiger partial charge in [0, 0.05) is 37.2 Å². The van der Waals surface area contributed by atoms with E-state index in [4.69, 9.17) is 11.6 Å². The first kappa shape index (κ1) is 18.8. The molecule has 0 bridgehead atoms. The van der Waals surface area contributed by atoms with E-state index in [1.807, 2.05) is 28.0 Å². The third kappa shape index (κ3) is 3.59. The molecule has 2 aliphatic heterocycles. The van der Waals surface area contributed by atoms with Crippen molar-refractivity contribution in [1.29, 1.82) is 0 Å². The maximum Gasteiger partial charge on any atom is 0.236 e. The molecule has 146 valence electrons. The maximum absolute atomic E-state index is 13.7. The van der Waals surface area contributed by atoms with E-state index in [1.54, 1.807) is 0 Å². The van der Waals surface area contributed by atoms with Gasteiger partial charge in [0.05, 0.1) is 12.0 Å². The summed E-state index contributed by atoms with van der Waals surface area (Å²) in [7, 11) is 0. The third-order valence-electron chi connectivity index (χ3n) is 6.49. The lowest BCUT2D eigenvalue weighted by molar-refractivity contribution is -0.143. The van der Waals surface area contributed by atoms with Crippen molar-refractivity contribution in [2.24, 2.45) is 0 Å². The minimum absolute atomic E-state index is 0.148. The number of halogens is 1. The van der Waals surface area contributed by atoms with Crippen LogP contribution in [0, 0.1) is 0 Å². The van der Waals surface area contributed by atoms with Crippen LogP contribution in [0.3, 0.4) is 0 Å². The van der Waals surface area contributed by atoms with E-state index in [-0.39, 0.29) is 17.9 Å². The average molecular weight is 390 g/mol. The SMILES string of the molecule is O=C1CNCCN1C1CCCN(C(=O)C2(c3cccc(Cl)c3)CCCC2)C1. The van der Waals surface area contributed by atoms with E-state index < -0.39 is 5.41 Å². The monoisotopic (exact) mass is 389 g/mol. The lowest BCUT2D eigenvalue weighted by atomic mass is 9.77. The highest BCUT2D eigenvalue weighted by atomic mass is 35.5. The first-order valence-electron chi connectivity index (χ1n) is 10.2. The van der Waals surface area contributed by atoms with Gasteiger partial charge in [-0.3, -0.25) is 9.59 Å². The van der Waals surface area contributed by atoms with E-state index in [0.29, 0.717) is 18.1 Å². The lowest BCUT2D eigenvalue weighted by Gasteiger charge is -2.43. The van der Waals surface area contributed by atoms with Crippen LogP contribution in [0.4, 0.5) is 0 Å². The highest BCUT2D eigenvalue weighted by molar-refractivity contribution is 6.30. The number of carbonyl (C=O) groups is 2. The average Bonchev–Trinajstić information content (AvgIpc) is 3.19. The summed E-state index contributed by atoms with van der Waals surface area (Å²) in [4.78, 5) is 30.0. The Morgan fingerprint density at radius 2 is 2.00 bits per heavy atom. The summed E-state index contributed by atoms with van der Waals surface area (Å²) >= 11 is 6.24. The molecule has 1 N–H and O–H groups in total. The predicted molar refractivity (Wildman–Crippen MR) is 106 cm³/mol. The summed E-state index contributed by atoms with van der Waals surface area (Å²) in [5, 5.41) is 3.82. The van der Waals surface area contributed by atoms with Gasteiger partial charge in [0.15, 0.2) is 0 Å². The molecule has 2 amide bonds. The van der Waals surface area contributed by atoms with Crippen molar-refractivity contribution in [2.45, 2.75) is 50.0 Å². The molecular weight excluding hydrogens is 362 g/mol. The van der Waals surface area contributed by atoms with Crippen LogP contribution in [-0.2, 0) is 15.0 Å². The highest BCUT2D eigenvalue weighted by Gasteiger charge is 2.46. The van der Waals surface area contributed by atoms with Crippen LogP contribution in [0.2, 0.25) is 5.02 Å². The first-order valence-corrected chi connectivity index (χ1v) is 10.5. The van der Waals surface area contributed by atoms with Crippen molar-refractivity contribution in [2.75, 3.05) is 32.7 Å². The number of hydrogen-bond acceptors (Lipinski definition) is 3. The number of likely N-dealkylation sites (tertiary alicyclic amines) is 1. The maximum atomic E-state index is 13.7. The van der Waals surface area contributed by atoms with Gasteiger partial charge < -0.3 is 15.1 Å². The van der Waals surface area contributed by atoms with E-state index in [2.05, 4.69) is 11.4 Å². The van der Waals surface area contributed by atoms with E-state index in [1.165, 1.54) is 0 Å². The summed E-state index contributed by atoms with van der Waals surface area (Å²) < 4.78 is 0. The smallest absolute Gasteiger partial charge is 0.236 e. The van der Waals surface area contributed by atoms with Gasteiger partial charge in [0.2, 0.25) is 11.8 Å². The van der Waals surface area contributed by atoms with E-state index in [0.717, 1.165) is 63.7 Å². The number of hydrogen-bond donors (Lipinski definition) is 1. The van der Waals surface area contributed by atoms with Gasteiger partial charge in [0.25, 0.3) is 0 Å². The van der Waals surface area contributed by atoms with E-state index in [9.17, 15) is 9.59 Å². The normalized spacial score (nSPS) is 25.7. The second-order valence-corrected chi connectivity index (χ2v) is 8.55. The number of rotatable bonds is 3. The summed E-state index contributed by atoms with van der Waals surface area (Å²) in [5.74, 6) is 0.389. The second kappa shape index (κ2) is 7.80. The molecule has 2 heterocycles. The van der Waals surface area contributed by atoms with Crippen molar-refractivity contribution in [3.63, 3.8) is 0 Å². The number of piperidine rings is 1. The summed E-state index contributed by atoms with van der Waals surface area (Å²) in [6.45, 7) is 3.44. The molecule has 1 atom stereocenters. The molecule has 3 fully saturated rings. The Balaban J connectivity index is 1.55. The predicted octanol–water partition coefficient (Wildman–Crippen LogP) is 2.57. The zero-order valence-corrected chi connectivity index (χ0v) is 16.5. The largest absolute Gasteiger partial charge is 0.340 e. The minimum Gasteiger partial charge on any atom is -0.340 e. The highest BCUT2D eigenvalue weighted by Crippen LogP contribution is 2.43. The Labute approximate surface area is 166 Å².